The van der Waals surface area contributed by atoms with E-state index in [1.54, 1.807) is 17.7 Å². The SMILES string of the molecule is COc1ccc(-c2nc3ccccc3c(=O)n2CCOCCOc2ccc(I)cc2)cc1. The first-order valence-corrected chi connectivity index (χ1v) is 11.3. The molecule has 0 aliphatic heterocycles. The van der Waals surface area contributed by atoms with Gasteiger partial charge in [0.05, 0.1) is 37.8 Å². The van der Waals surface area contributed by atoms with Crippen molar-refractivity contribution in [1.82, 2.24) is 9.55 Å². The van der Waals surface area contributed by atoms with Crippen LogP contribution in [0, 0.1) is 3.57 Å². The van der Waals surface area contributed by atoms with Crippen LogP contribution in [0.25, 0.3) is 22.3 Å². The summed E-state index contributed by atoms with van der Waals surface area (Å²) in [7, 11) is 1.62. The zero-order valence-corrected chi connectivity index (χ0v) is 19.8. The van der Waals surface area contributed by atoms with E-state index in [4.69, 9.17) is 19.2 Å². The standard InChI is InChI=1S/C25H23IN2O4/c1-30-20-10-6-18(7-11-20)24-27-23-5-3-2-4-22(23)25(29)28(24)14-15-31-16-17-32-21-12-8-19(26)9-13-21/h2-13H,14-17H2,1H3. The first-order chi connectivity index (χ1) is 15.7. The third kappa shape index (κ3) is 5.28. The highest BCUT2D eigenvalue weighted by molar-refractivity contribution is 14.1. The number of hydrogen-bond donors (Lipinski definition) is 0. The summed E-state index contributed by atoms with van der Waals surface area (Å²) in [4.78, 5) is 18.0. The monoisotopic (exact) mass is 542 g/mol. The summed E-state index contributed by atoms with van der Waals surface area (Å²) in [5, 5.41) is 0.590. The van der Waals surface area contributed by atoms with Crippen LogP contribution in [0.3, 0.4) is 0 Å². The van der Waals surface area contributed by atoms with E-state index in [2.05, 4.69) is 22.6 Å². The molecular formula is C25H23IN2O4. The topological polar surface area (TPSA) is 62.6 Å². The summed E-state index contributed by atoms with van der Waals surface area (Å²) < 4.78 is 19.5. The second kappa shape index (κ2) is 10.6. The lowest BCUT2D eigenvalue weighted by atomic mass is 10.1. The fraction of sp³-hybridized carbons (Fsp3) is 0.200. The first kappa shape index (κ1) is 22.3. The van der Waals surface area contributed by atoms with Crippen LogP contribution >= 0.6 is 22.6 Å². The van der Waals surface area contributed by atoms with Gasteiger partial charge in [-0.1, -0.05) is 12.1 Å². The summed E-state index contributed by atoms with van der Waals surface area (Å²) in [5.74, 6) is 2.17. The molecule has 0 unspecified atom stereocenters. The predicted molar refractivity (Wildman–Crippen MR) is 133 cm³/mol. The predicted octanol–water partition coefficient (Wildman–Crippen LogP) is 4.77. The van der Waals surface area contributed by atoms with Crippen molar-refractivity contribution in [2.75, 3.05) is 26.9 Å². The first-order valence-electron chi connectivity index (χ1n) is 10.3. The van der Waals surface area contributed by atoms with E-state index in [0.717, 1.165) is 20.6 Å². The number of methoxy groups -OCH3 is 1. The molecule has 0 aliphatic rings. The molecule has 164 valence electrons. The molecule has 7 heteroatoms. The van der Waals surface area contributed by atoms with Gasteiger partial charge in [-0.25, -0.2) is 4.98 Å². The van der Waals surface area contributed by atoms with Gasteiger partial charge >= 0.3 is 0 Å². The molecule has 0 N–H and O–H groups in total. The molecule has 1 heterocycles. The average molecular weight is 542 g/mol. The summed E-state index contributed by atoms with van der Waals surface area (Å²) >= 11 is 2.26. The van der Waals surface area contributed by atoms with Crippen LogP contribution in [-0.4, -0.2) is 36.5 Å². The zero-order chi connectivity index (χ0) is 22.3. The number of nitrogens with zero attached hydrogens (tertiary/aromatic N) is 2. The molecule has 4 aromatic rings. The summed E-state index contributed by atoms with van der Waals surface area (Å²) in [6, 6.07) is 22.8. The van der Waals surface area contributed by atoms with Crippen molar-refractivity contribution in [3.05, 3.63) is 86.7 Å². The minimum Gasteiger partial charge on any atom is -0.497 e. The maximum Gasteiger partial charge on any atom is 0.261 e. The Hall–Kier alpha value is -2.91. The number of aromatic nitrogens is 2. The fourth-order valence-corrected chi connectivity index (χ4v) is 3.70. The maximum absolute atomic E-state index is 13.2. The number of hydrogen-bond acceptors (Lipinski definition) is 5. The quantitative estimate of drug-likeness (QED) is 0.225. The van der Waals surface area contributed by atoms with Crippen LogP contribution in [0.5, 0.6) is 11.5 Å². The van der Waals surface area contributed by atoms with Crippen molar-refractivity contribution >= 4 is 33.5 Å². The van der Waals surface area contributed by atoms with E-state index < -0.39 is 0 Å². The number of ether oxygens (including phenoxy) is 3. The van der Waals surface area contributed by atoms with E-state index in [9.17, 15) is 4.79 Å². The number of para-hydroxylation sites is 1. The Kier molecular flexibility index (Phi) is 7.39. The van der Waals surface area contributed by atoms with Crippen LogP contribution in [0.15, 0.2) is 77.6 Å². The highest BCUT2D eigenvalue weighted by Gasteiger charge is 2.13. The number of benzene rings is 3. The molecule has 0 atom stereocenters. The maximum atomic E-state index is 13.2. The number of halogens is 1. The molecule has 0 aliphatic carbocycles. The summed E-state index contributed by atoms with van der Waals surface area (Å²) in [6.45, 7) is 1.64. The highest BCUT2D eigenvalue weighted by Crippen LogP contribution is 2.22. The molecule has 0 saturated heterocycles. The van der Waals surface area contributed by atoms with E-state index in [-0.39, 0.29) is 5.56 Å². The van der Waals surface area contributed by atoms with E-state index in [1.807, 2.05) is 66.7 Å². The Labute approximate surface area is 199 Å². The molecule has 0 bridgehead atoms. The van der Waals surface area contributed by atoms with E-state index >= 15 is 0 Å². The Morgan fingerprint density at radius 1 is 0.875 bits per heavy atom. The highest BCUT2D eigenvalue weighted by atomic mass is 127. The van der Waals surface area contributed by atoms with Crippen LogP contribution in [0.1, 0.15) is 0 Å². The summed E-state index contributed by atoms with van der Waals surface area (Å²) in [6.07, 6.45) is 0. The van der Waals surface area contributed by atoms with Crippen molar-refractivity contribution in [3.63, 3.8) is 0 Å². The minimum absolute atomic E-state index is 0.0832. The lowest BCUT2D eigenvalue weighted by Gasteiger charge is -2.14. The molecule has 32 heavy (non-hydrogen) atoms. The van der Waals surface area contributed by atoms with Crippen LogP contribution < -0.4 is 15.0 Å². The molecule has 0 radical (unpaired) electrons. The van der Waals surface area contributed by atoms with Gasteiger partial charge in [0, 0.05) is 9.13 Å². The fourth-order valence-electron chi connectivity index (χ4n) is 3.34. The molecule has 4 rings (SSSR count). The third-order valence-electron chi connectivity index (χ3n) is 4.98. The minimum atomic E-state index is -0.0832. The molecule has 0 fully saturated rings. The summed E-state index contributed by atoms with van der Waals surface area (Å²) in [5.41, 5.74) is 1.43. The van der Waals surface area contributed by atoms with Crippen molar-refractivity contribution in [1.29, 1.82) is 0 Å². The van der Waals surface area contributed by atoms with Gasteiger partial charge in [0.2, 0.25) is 0 Å². The smallest absolute Gasteiger partial charge is 0.261 e. The number of rotatable bonds is 9. The van der Waals surface area contributed by atoms with Gasteiger partial charge in [0.25, 0.3) is 5.56 Å². The largest absolute Gasteiger partial charge is 0.497 e. The Balaban J connectivity index is 1.47. The molecule has 0 amide bonds. The molecule has 0 spiro atoms. The van der Waals surface area contributed by atoms with Gasteiger partial charge in [-0.2, -0.15) is 0 Å². The normalized spacial score (nSPS) is 10.9. The number of fused-ring (bicyclic) bond motifs is 1. The van der Waals surface area contributed by atoms with Crippen molar-refractivity contribution in [2.24, 2.45) is 0 Å². The Morgan fingerprint density at radius 2 is 1.59 bits per heavy atom. The van der Waals surface area contributed by atoms with E-state index in [1.165, 1.54) is 0 Å². The van der Waals surface area contributed by atoms with Gasteiger partial charge in [-0.3, -0.25) is 9.36 Å². The molecule has 3 aromatic carbocycles. The average Bonchev–Trinajstić information content (AvgIpc) is 2.83. The van der Waals surface area contributed by atoms with Gasteiger partial charge < -0.3 is 14.2 Å². The Bertz CT molecular complexity index is 1240. The lowest BCUT2D eigenvalue weighted by Crippen LogP contribution is -2.26. The van der Waals surface area contributed by atoms with Gasteiger partial charge in [-0.15, -0.1) is 0 Å². The van der Waals surface area contributed by atoms with Crippen LogP contribution in [0.2, 0.25) is 0 Å². The van der Waals surface area contributed by atoms with Crippen LogP contribution in [-0.2, 0) is 11.3 Å². The second-order valence-electron chi connectivity index (χ2n) is 7.05. The van der Waals surface area contributed by atoms with Crippen molar-refractivity contribution < 1.29 is 14.2 Å². The van der Waals surface area contributed by atoms with Gasteiger partial charge in [0.15, 0.2) is 0 Å². The zero-order valence-electron chi connectivity index (χ0n) is 17.7. The van der Waals surface area contributed by atoms with Crippen molar-refractivity contribution in [2.45, 2.75) is 6.54 Å². The van der Waals surface area contributed by atoms with Crippen LogP contribution in [0.4, 0.5) is 0 Å². The lowest BCUT2D eigenvalue weighted by molar-refractivity contribution is 0.0940. The molecule has 0 saturated carbocycles. The third-order valence-corrected chi connectivity index (χ3v) is 5.70. The molecule has 1 aromatic heterocycles. The van der Waals surface area contributed by atoms with Gasteiger partial charge in [0.1, 0.15) is 23.9 Å². The van der Waals surface area contributed by atoms with Gasteiger partial charge in [-0.05, 0) is 83.3 Å². The van der Waals surface area contributed by atoms with Crippen molar-refractivity contribution in [3.8, 4) is 22.9 Å². The Morgan fingerprint density at radius 3 is 2.34 bits per heavy atom. The molecule has 6 nitrogen and oxygen atoms in total. The molecular weight excluding hydrogens is 519 g/mol. The second-order valence-corrected chi connectivity index (χ2v) is 8.30. The van der Waals surface area contributed by atoms with E-state index in [0.29, 0.717) is 43.1 Å².